The number of aliphatic hydroxyl groups is 2. The highest BCUT2D eigenvalue weighted by molar-refractivity contribution is 8.00. The minimum atomic E-state index is -0.668. The molecule has 0 aliphatic carbocycles. The molecule has 1 atom stereocenters. The lowest BCUT2D eigenvalue weighted by atomic mass is 10.2. The summed E-state index contributed by atoms with van der Waals surface area (Å²) in [5.74, 6) is -1.34. The summed E-state index contributed by atoms with van der Waals surface area (Å²) < 4.78 is 26.9. The van der Waals surface area contributed by atoms with Crippen molar-refractivity contribution in [2.45, 2.75) is 30.1 Å². The van der Waals surface area contributed by atoms with Crippen LogP contribution >= 0.6 is 11.8 Å². The second-order valence-corrected chi connectivity index (χ2v) is 4.94. The predicted molar refractivity (Wildman–Crippen MR) is 59.3 cm³/mol. The Bertz CT molecular complexity index is 335. The number of aliphatic hydroxyl groups excluding tert-OH is 2. The number of halogens is 2. The minimum Gasteiger partial charge on any atom is -0.396 e. The van der Waals surface area contributed by atoms with Crippen molar-refractivity contribution in [2.75, 3.05) is 6.61 Å². The van der Waals surface area contributed by atoms with Gasteiger partial charge < -0.3 is 10.2 Å². The third-order valence-corrected chi connectivity index (χ3v) is 3.36. The lowest BCUT2D eigenvalue weighted by Crippen LogP contribution is -2.02. The molecule has 2 N–H and O–H groups in total. The van der Waals surface area contributed by atoms with E-state index < -0.39 is 11.6 Å². The summed E-state index contributed by atoms with van der Waals surface area (Å²) in [6.07, 6.45) is 0.477. The van der Waals surface area contributed by atoms with Gasteiger partial charge >= 0.3 is 0 Å². The smallest absolute Gasteiger partial charge is 0.140 e. The van der Waals surface area contributed by atoms with Gasteiger partial charge in [-0.15, -0.1) is 11.8 Å². The molecule has 0 aliphatic rings. The van der Waals surface area contributed by atoms with E-state index in [-0.39, 0.29) is 28.9 Å². The van der Waals surface area contributed by atoms with Gasteiger partial charge in [0.05, 0.1) is 11.5 Å². The molecule has 0 saturated heterocycles. The van der Waals surface area contributed by atoms with Gasteiger partial charge in [-0.1, -0.05) is 6.92 Å². The second-order valence-electron chi connectivity index (χ2n) is 3.49. The Morgan fingerprint density at radius 1 is 1.25 bits per heavy atom. The number of rotatable bonds is 5. The number of benzene rings is 1. The van der Waals surface area contributed by atoms with Crippen LogP contribution in [0.4, 0.5) is 8.78 Å². The van der Waals surface area contributed by atoms with E-state index in [4.69, 9.17) is 10.2 Å². The lowest BCUT2D eigenvalue weighted by Gasteiger charge is -2.11. The van der Waals surface area contributed by atoms with Crippen molar-refractivity contribution >= 4 is 11.8 Å². The topological polar surface area (TPSA) is 40.5 Å². The van der Waals surface area contributed by atoms with Crippen molar-refractivity contribution < 1.29 is 19.0 Å². The first-order valence-corrected chi connectivity index (χ1v) is 5.82. The summed E-state index contributed by atoms with van der Waals surface area (Å²) in [6.45, 7) is 1.40. The van der Waals surface area contributed by atoms with Gasteiger partial charge in [0.25, 0.3) is 0 Å². The Hall–Kier alpha value is -0.650. The van der Waals surface area contributed by atoms with Crippen LogP contribution in [0.2, 0.25) is 0 Å². The maximum absolute atomic E-state index is 13.5. The summed E-state index contributed by atoms with van der Waals surface area (Å²) in [7, 11) is 0. The van der Waals surface area contributed by atoms with E-state index in [0.717, 1.165) is 23.9 Å². The van der Waals surface area contributed by atoms with Gasteiger partial charge in [0, 0.05) is 11.9 Å². The maximum atomic E-state index is 13.5. The zero-order valence-corrected chi connectivity index (χ0v) is 9.73. The van der Waals surface area contributed by atoms with Crippen molar-refractivity contribution in [3.05, 3.63) is 29.3 Å². The van der Waals surface area contributed by atoms with Crippen LogP contribution in [-0.2, 0) is 6.61 Å². The first-order chi connectivity index (χ1) is 7.58. The summed E-state index contributed by atoms with van der Waals surface area (Å²) in [4.78, 5) is -0.0573. The van der Waals surface area contributed by atoms with Gasteiger partial charge in [-0.25, -0.2) is 8.78 Å². The van der Waals surface area contributed by atoms with Crippen LogP contribution in [0.25, 0.3) is 0 Å². The molecular weight excluding hydrogens is 234 g/mol. The van der Waals surface area contributed by atoms with Crippen LogP contribution in [0.1, 0.15) is 18.9 Å². The van der Waals surface area contributed by atoms with Gasteiger partial charge in [-0.2, -0.15) is 0 Å². The van der Waals surface area contributed by atoms with Gasteiger partial charge in [0.2, 0.25) is 0 Å². The van der Waals surface area contributed by atoms with Crippen molar-refractivity contribution in [3.63, 3.8) is 0 Å². The molecule has 0 bridgehead atoms. The summed E-state index contributed by atoms with van der Waals surface area (Å²) in [5, 5.41) is 17.4. The van der Waals surface area contributed by atoms with Crippen molar-refractivity contribution in [2.24, 2.45) is 0 Å². The first-order valence-electron chi connectivity index (χ1n) is 4.94. The molecule has 1 rings (SSSR count). The Morgan fingerprint density at radius 2 is 1.81 bits per heavy atom. The minimum absolute atomic E-state index is 0.00781. The lowest BCUT2D eigenvalue weighted by molar-refractivity contribution is 0.280. The first kappa shape index (κ1) is 13.4. The predicted octanol–water partition coefficient (Wildman–Crippen LogP) is 2.32. The monoisotopic (exact) mass is 248 g/mol. The molecule has 0 aromatic heterocycles. The fourth-order valence-electron chi connectivity index (χ4n) is 1.26. The van der Waals surface area contributed by atoms with Crippen LogP contribution in [0.5, 0.6) is 0 Å². The molecule has 1 unspecified atom stereocenters. The largest absolute Gasteiger partial charge is 0.396 e. The summed E-state index contributed by atoms with van der Waals surface area (Å²) in [6, 6.07) is 2.24. The summed E-state index contributed by atoms with van der Waals surface area (Å²) in [5.41, 5.74) is 0.217. The standard InChI is InChI=1S/C11H14F2O2S/c1-7(2-3-14)16-11-9(12)4-8(6-15)5-10(11)13/h4-5,7,14-15H,2-3,6H2,1H3. The van der Waals surface area contributed by atoms with Crippen LogP contribution in [0.3, 0.4) is 0 Å². The Kier molecular flexibility index (Phi) is 5.18. The van der Waals surface area contributed by atoms with Gasteiger partial charge in [0.1, 0.15) is 11.6 Å². The van der Waals surface area contributed by atoms with Gasteiger partial charge in [-0.3, -0.25) is 0 Å². The zero-order valence-electron chi connectivity index (χ0n) is 8.91. The van der Waals surface area contributed by atoms with Crippen LogP contribution < -0.4 is 0 Å². The van der Waals surface area contributed by atoms with Crippen LogP contribution in [-0.4, -0.2) is 22.1 Å². The van der Waals surface area contributed by atoms with E-state index in [1.807, 2.05) is 0 Å². The van der Waals surface area contributed by atoms with Crippen LogP contribution in [0.15, 0.2) is 17.0 Å². The van der Waals surface area contributed by atoms with Gasteiger partial charge in [-0.05, 0) is 24.1 Å². The molecule has 16 heavy (non-hydrogen) atoms. The van der Waals surface area contributed by atoms with E-state index >= 15 is 0 Å². The molecule has 2 nitrogen and oxygen atoms in total. The number of hydrogen-bond donors (Lipinski definition) is 2. The highest BCUT2D eigenvalue weighted by atomic mass is 32.2. The van der Waals surface area contributed by atoms with Crippen LogP contribution in [0, 0.1) is 11.6 Å². The zero-order chi connectivity index (χ0) is 12.1. The number of hydrogen-bond acceptors (Lipinski definition) is 3. The summed E-state index contributed by atoms with van der Waals surface area (Å²) >= 11 is 1.05. The molecule has 0 heterocycles. The molecule has 0 fully saturated rings. The molecule has 90 valence electrons. The Labute approximate surface area is 97.3 Å². The highest BCUT2D eigenvalue weighted by Crippen LogP contribution is 2.30. The Balaban J connectivity index is 2.87. The molecule has 0 spiro atoms. The molecule has 0 aliphatic heterocycles. The molecule has 0 amide bonds. The molecular formula is C11H14F2O2S. The average molecular weight is 248 g/mol. The van der Waals surface area contributed by atoms with E-state index in [0.29, 0.717) is 6.42 Å². The van der Waals surface area contributed by atoms with Gasteiger partial charge in [0.15, 0.2) is 0 Å². The SMILES string of the molecule is CC(CCO)Sc1c(F)cc(CO)cc1F. The third kappa shape index (κ3) is 3.43. The highest BCUT2D eigenvalue weighted by Gasteiger charge is 2.14. The molecule has 1 aromatic carbocycles. The van der Waals surface area contributed by atoms with E-state index in [1.165, 1.54) is 0 Å². The molecule has 1 aromatic rings. The van der Waals surface area contributed by atoms with E-state index in [1.54, 1.807) is 6.92 Å². The van der Waals surface area contributed by atoms with E-state index in [9.17, 15) is 8.78 Å². The maximum Gasteiger partial charge on any atom is 0.140 e. The number of thioether (sulfide) groups is 1. The Morgan fingerprint density at radius 3 is 2.25 bits per heavy atom. The quantitative estimate of drug-likeness (QED) is 0.786. The third-order valence-electron chi connectivity index (χ3n) is 2.10. The van der Waals surface area contributed by atoms with E-state index in [2.05, 4.69) is 0 Å². The fraction of sp³-hybridized carbons (Fsp3) is 0.455. The fourth-order valence-corrected chi connectivity index (χ4v) is 2.23. The molecule has 0 radical (unpaired) electrons. The molecule has 5 heteroatoms. The second kappa shape index (κ2) is 6.18. The van der Waals surface area contributed by atoms with Crippen molar-refractivity contribution in [3.8, 4) is 0 Å². The van der Waals surface area contributed by atoms with Crippen molar-refractivity contribution in [1.29, 1.82) is 0 Å². The normalized spacial score (nSPS) is 12.8. The average Bonchev–Trinajstić information content (AvgIpc) is 2.23. The molecule has 0 saturated carbocycles. The van der Waals surface area contributed by atoms with Crippen molar-refractivity contribution in [1.82, 2.24) is 0 Å².